The highest BCUT2D eigenvalue weighted by atomic mass is 35.5. The highest BCUT2D eigenvalue weighted by Crippen LogP contribution is 2.32. The van der Waals surface area contributed by atoms with Gasteiger partial charge in [0.2, 0.25) is 10.0 Å². The van der Waals surface area contributed by atoms with Gasteiger partial charge in [0, 0.05) is 31.8 Å². The van der Waals surface area contributed by atoms with E-state index >= 15 is 0 Å². The smallest absolute Gasteiger partial charge is 0.256 e. The zero-order valence-electron chi connectivity index (χ0n) is 23.3. The molecule has 1 heterocycles. The Kier molecular flexibility index (Phi) is 10.4. The number of likely N-dealkylation sites (N-methyl/N-ethyl adjacent to an activating group) is 1. The van der Waals surface area contributed by atoms with Crippen LogP contribution in [0.5, 0.6) is 0 Å². The molecule has 3 atom stereocenters. The lowest BCUT2D eigenvalue weighted by Gasteiger charge is -2.33. The number of aryl methyl sites for hydroxylation is 2. The van der Waals surface area contributed by atoms with Crippen LogP contribution in [0, 0.1) is 0 Å². The van der Waals surface area contributed by atoms with Crippen molar-refractivity contribution in [3.05, 3.63) is 40.5 Å². The summed E-state index contributed by atoms with van der Waals surface area (Å²) in [5.41, 5.74) is 3.50. The van der Waals surface area contributed by atoms with Crippen LogP contribution < -0.4 is 15.1 Å². The predicted octanol–water partition coefficient (Wildman–Crippen LogP) is 3.93. The van der Waals surface area contributed by atoms with Gasteiger partial charge in [0.1, 0.15) is 5.02 Å². The van der Waals surface area contributed by atoms with Crippen molar-refractivity contribution in [2.24, 2.45) is 0 Å². The number of hydrogen-bond acceptors (Lipinski definition) is 9. The van der Waals surface area contributed by atoms with Gasteiger partial charge in [0.05, 0.1) is 31.9 Å². The average molecular weight is 581 g/mol. The molecule has 0 radical (unpaired) electrons. The number of methoxy groups -OCH3 is 1. The van der Waals surface area contributed by atoms with Gasteiger partial charge in [0.25, 0.3) is 5.95 Å². The maximum absolute atomic E-state index is 11.9. The summed E-state index contributed by atoms with van der Waals surface area (Å²) in [5, 5.41) is 5.34. The van der Waals surface area contributed by atoms with Gasteiger partial charge in [-0.15, -0.1) is 0 Å². The van der Waals surface area contributed by atoms with E-state index in [1.807, 2.05) is 6.07 Å². The number of rotatable bonds is 11. The molecule has 1 unspecified atom stereocenters. The Morgan fingerprint density at radius 3 is 2.49 bits per heavy atom. The van der Waals surface area contributed by atoms with Crippen molar-refractivity contribution in [1.29, 1.82) is 0 Å². The maximum atomic E-state index is 11.9. The standard InChI is InChI=1S/C27H41ClN6O4S/c1-33(15-16-37-2)21-12-9-19-10-14-22(17-20(19)11-13-21)34(38-3)27-29-18-23(28)26(31-27)30-24-7-5-6-8-25(24)32-39(4,35)36/h10,14,17-18,21,24-25,32H,5-9,11-13,15-16H2,1-4H3,(H,29,30,31)/t21?,24-,25-/m1/s1. The van der Waals surface area contributed by atoms with Crippen LogP contribution in [0.2, 0.25) is 5.02 Å². The van der Waals surface area contributed by atoms with Crippen molar-refractivity contribution in [1.82, 2.24) is 19.6 Å². The molecule has 0 amide bonds. The summed E-state index contributed by atoms with van der Waals surface area (Å²) in [6.07, 6.45) is 10.5. The summed E-state index contributed by atoms with van der Waals surface area (Å²) >= 11 is 6.48. The number of nitrogens with zero attached hydrogens (tertiary/aromatic N) is 4. The van der Waals surface area contributed by atoms with Crippen LogP contribution >= 0.6 is 11.6 Å². The fourth-order valence-corrected chi connectivity index (χ4v) is 6.59. The van der Waals surface area contributed by atoms with Crippen molar-refractivity contribution in [3.8, 4) is 0 Å². The monoisotopic (exact) mass is 580 g/mol. The van der Waals surface area contributed by atoms with Gasteiger partial charge in [-0.1, -0.05) is 30.5 Å². The Morgan fingerprint density at radius 2 is 1.79 bits per heavy atom. The lowest BCUT2D eigenvalue weighted by atomic mass is 9.91. The van der Waals surface area contributed by atoms with E-state index in [1.54, 1.807) is 25.5 Å². The molecule has 2 aromatic rings. The second-order valence-corrected chi connectivity index (χ2v) is 12.7. The number of anilines is 3. The molecule has 1 fully saturated rings. The number of aromatic nitrogens is 2. The average Bonchev–Trinajstić information content (AvgIpc) is 3.12. The summed E-state index contributed by atoms with van der Waals surface area (Å²) < 4.78 is 31.8. The van der Waals surface area contributed by atoms with Crippen LogP contribution in [0.4, 0.5) is 17.5 Å². The number of ether oxygens (including phenoxy) is 1. The quantitative estimate of drug-likeness (QED) is 0.302. The van der Waals surface area contributed by atoms with Crippen LogP contribution in [0.25, 0.3) is 0 Å². The molecule has 0 bridgehead atoms. The summed E-state index contributed by atoms with van der Waals surface area (Å²) in [4.78, 5) is 17.3. The molecule has 0 aliphatic heterocycles. The molecule has 39 heavy (non-hydrogen) atoms. The third kappa shape index (κ3) is 8.02. The Morgan fingerprint density at radius 1 is 1.08 bits per heavy atom. The summed E-state index contributed by atoms with van der Waals surface area (Å²) in [7, 11) is 2.17. The SMILES string of the molecule is COCCN(C)C1CCc2ccc(N(OC)c3ncc(Cl)c(N[C@@H]4CCCC[C@H]4NS(C)(=O)=O)n3)cc2CC1. The van der Waals surface area contributed by atoms with Crippen molar-refractivity contribution >= 4 is 39.1 Å². The van der Waals surface area contributed by atoms with E-state index < -0.39 is 10.0 Å². The van der Waals surface area contributed by atoms with E-state index in [9.17, 15) is 8.42 Å². The molecule has 0 saturated heterocycles. The molecule has 12 heteroatoms. The zero-order chi connectivity index (χ0) is 28.0. The van der Waals surface area contributed by atoms with Gasteiger partial charge in [-0.3, -0.25) is 4.84 Å². The topological polar surface area (TPSA) is 109 Å². The number of nitrogens with one attached hydrogen (secondary N) is 2. The molecule has 2 N–H and O–H groups in total. The number of halogens is 1. The number of benzene rings is 1. The van der Waals surface area contributed by atoms with Gasteiger partial charge in [0.15, 0.2) is 5.82 Å². The molecule has 1 saturated carbocycles. The summed E-state index contributed by atoms with van der Waals surface area (Å²) in [6, 6.07) is 6.52. The van der Waals surface area contributed by atoms with Gasteiger partial charge < -0.3 is 15.0 Å². The number of hydrogen-bond donors (Lipinski definition) is 2. The molecule has 216 valence electrons. The lowest BCUT2D eigenvalue weighted by Crippen LogP contribution is -2.48. The Hall–Kier alpha value is -2.02. The highest BCUT2D eigenvalue weighted by Gasteiger charge is 2.29. The lowest BCUT2D eigenvalue weighted by molar-refractivity contribution is 0.133. The van der Waals surface area contributed by atoms with Gasteiger partial charge in [-0.05, 0) is 68.8 Å². The first-order valence-electron chi connectivity index (χ1n) is 13.6. The van der Waals surface area contributed by atoms with E-state index in [0.717, 1.165) is 70.2 Å². The molecule has 10 nitrogen and oxygen atoms in total. The Labute approximate surface area is 237 Å². The molecule has 1 aromatic carbocycles. The Balaban J connectivity index is 1.52. The molecule has 2 aliphatic rings. The molecular weight excluding hydrogens is 540 g/mol. The summed E-state index contributed by atoms with van der Waals surface area (Å²) in [6.45, 7) is 1.66. The van der Waals surface area contributed by atoms with Crippen LogP contribution in [0.15, 0.2) is 24.4 Å². The first-order chi connectivity index (χ1) is 18.7. The second kappa shape index (κ2) is 13.6. The highest BCUT2D eigenvalue weighted by molar-refractivity contribution is 7.88. The summed E-state index contributed by atoms with van der Waals surface area (Å²) in [5.74, 6) is 0.797. The molecule has 0 spiro atoms. The van der Waals surface area contributed by atoms with Crippen LogP contribution in [0.3, 0.4) is 0 Å². The normalized spacial score (nSPS) is 21.8. The van der Waals surface area contributed by atoms with E-state index in [2.05, 4.69) is 39.1 Å². The molecule has 2 aliphatic carbocycles. The molecule has 4 rings (SSSR count). The van der Waals surface area contributed by atoms with E-state index in [-0.39, 0.29) is 12.1 Å². The van der Waals surface area contributed by atoms with Crippen LogP contribution in [-0.4, -0.2) is 82.1 Å². The van der Waals surface area contributed by atoms with Crippen molar-refractivity contribution in [2.45, 2.75) is 69.5 Å². The fraction of sp³-hybridized carbons (Fsp3) is 0.630. The van der Waals surface area contributed by atoms with Crippen LogP contribution in [0.1, 0.15) is 49.7 Å². The van der Waals surface area contributed by atoms with Crippen molar-refractivity contribution < 1.29 is 18.0 Å². The Bertz CT molecular complexity index is 1220. The predicted molar refractivity (Wildman–Crippen MR) is 155 cm³/mol. The molecular formula is C27H41ClN6O4S. The van der Waals surface area contributed by atoms with Crippen molar-refractivity contribution in [2.75, 3.05) is 51.1 Å². The van der Waals surface area contributed by atoms with Crippen molar-refractivity contribution in [3.63, 3.8) is 0 Å². The van der Waals surface area contributed by atoms with Gasteiger partial charge in [-0.2, -0.15) is 10.0 Å². The van der Waals surface area contributed by atoms with E-state index in [4.69, 9.17) is 26.2 Å². The molecule has 1 aromatic heterocycles. The minimum absolute atomic E-state index is 0.132. The number of fused-ring (bicyclic) bond motifs is 1. The second-order valence-electron chi connectivity index (χ2n) is 10.5. The van der Waals surface area contributed by atoms with Gasteiger partial charge >= 0.3 is 0 Å². The first-order valence-corrected chi connectivity index (χ1v) is 15.9. The minimum Gasteiger partial charge on any atom is -0.383 e. The first kappa shape index (κ1) is 30.0. The third-order valence-electron chi connectivity index (χ3n) is 7.74. The third-order valence-corrected chi connectivity index (χ3v) is 8.75. The van der Waals surface area contributed by atoms with Gasteiger partial charge in [-0.25, -0.2) is 18.1 Å². The van der Waals surface area contributed by atoms with Crippen LogP contribution in [-0.2, 0) is 32.4 Å². The number of sulfonamides is 1. The minimum atomic E-state index is -3.34. The van der Waals surface area contributed by atoms with E-state index in [1.165, 1.54) is 17.4 Å². The largest absolute Gasteiger partial charge is 0.383 e. The zero-order valence-corrected chi connectivity index (χ0v) is 24.9. The maximum Gasteiger partial charge on any atom is 0.256 e. The van der Waals surface area contributed by atoms with E-state index in [0.29, 0.717) is 22.8 Å². The fourth-order valence-electron chi connectivity index (χ4n) is 5.62.